The number of nitro groups is 1. The van der Waals surface area contributed by atoms with Crippen LogP contribution in [0.2, 0.25) is 0 Å². The molecule has 1 aromatic heterocycles. The quantitative estimate of drug-likeness (QED) is 0.0589. The van der Waals surface area contributed by atoms with E-state index < -0.39 is 63.4 Å². The molecule has 67 heavy (non-hydrogen) atoms. The lowest BCUT2D eigenvalue weighted by atomic mass is 9.47. The highest BCUT2D eigenvalue weighted by molar-refractivity contribution is 5.94. The van der Waals surface area contributed by atoms with E-state index in [1.807, 2.05) is 37.1 Å². The van der Waals surface area contributed by atoms with E-state index in [4.69, 9.17) is 18.9 Å². The number of aliphatic hydroxyl groups is 1. The number of ether oxygens (including phenoxy) is 4. The lowest BCUT2D eigenvalue weighted by molar-refractivity contribution is -0.384. The zero-order valence-electron chi connectivity index (χ0n) is 39.0. The number of rotatable bonds is 10. The van der Waals surface area contributed by atoms with Gasteiger partial charge in [0.05, 0.1) is 30.7 Å². The highest BCUT2D eigenvalue weighted by Gasteiger charge is 2.78. The summed E-state index contributed by atoms with van der Waals surface area (Å²) in [5.41, 5.74) is 1.06. The Morgan fingerprint density at radius 2 is 1.79 bits per heavy atom. The molecule has 0 amide bonds. The van der Waals surface area contributed by atoms with Gasteiger partial charge in [0.25, 0.3) is 5.69 Å². The number of carbonyl (C=O) groups is 3. The first-order valence-electron chi connectivity index (χ1n) is 23.5. The zero-order valence-corrected chi connectivity index (χ0v) is 39.0. The van der Waals surface area contributed by atoms with E-state index in [0.717, 1.165) is 59.5 Å². The standard InChI is InChI=1S/C52H59N5O10/c1-7-32-24-33-27-51(48(60)65-6,43-37(18-22-55(28-32)29-33)36-12-9-10-13-40(36)53-43)39-25-38-41(26-42(39)64-5)54(4)46-50(38)20-23-56-21-11-19-49(8-2,45(50)56)47(67-31(3)58)52(46,61)30-66-44(59)34-14-16-35(17-15-34)57(62)63/h9-17,19,24-26,33,45-47,53,61H,7-8,18,20-23,27-30H2,1-6H3/t33-,45?,46+,47+,49+,50+,51-,52-/m0/s1. The summed E-state index contributed by atoms with van der Waals surface area (Å²) in [6.07, 6.45) is 8.40. The van der Waals surface area contributed by atoms with Crippen molar-refractivity contribution < 1.29 is 43.4 Å². The Balaban J connectivity index is 1.21. The second kappa shape index (κ2) is 16.3. The second-order valence-corrected chi connectivity index (χ2v) is 19.5. The van der Waals surface area contributed by atoms with Crippen LogP contribution in [0.15, 0.2) is 84.5 Å². The molecule has 5 aliphatic heterocycles. The number of esters is 3. The summed E-state index contributed by atoms with van der Waals surface area (Å²) in [5.74, 6) is -1.33. The average Bonchev–Trinajstić information content (AvgIpc) is 4.00. The number of aromatic amines is 1. The van der Waals surface area contributed by atoms with Gasteiger partial charge in [-0.15, -0.1) is 0 Å². The number of methoxy groups -OCH3 is 2. The van der Waals surface area contributed by atoms with Crippen molar-refractivity contribution in [2.24, 2.45) is 11.3 Å². The Morgan fingerprint density at radius 3 is 2.49 bits per heavy atom. The van der Waals surface area contributed by atoms with Gasteiger partial charge in [0.1, 0.15) is 23.9 Å². The zero-order chi connectivity index (χ0) is 47.2. The summed E-state index contributed by atoms with van der Waals surface area (Å²) in [6, 6.07) is 16.3. The highest BCUT2D eigenvalue weighted by Crippen LogP contribution is 2.68. The third kappa shape index (κ3) is 6.43. The van der Waals surface area contributed by atoms with Crippen LogP contribution >= 0.6 is 0 Å². The number of nitrogens with one attached hydrogen (secondary N) is 1. The van der Waals surface area contributed by atoms with Gasteiger partial charge in [-0.05, 0) is 80.0 Å². The number of carbonyl (C=O) groups excluding carboxylic acids is 3. The Hall–Kier alpha value is -6.03. The van der Waals surface area contributed by atoms with Gasteiger partial charge in [0.2, 0.25) is 0 Å². The van der Waals surface area contributed by atoms with E-state index in [2.05, 4.69) is 58.1 Å². The van der Waals surface area contributed by atoms with Crippen LogP contribution in [0.3, 0.4) is 0 Å². The second-order valence-electron chi connectivity index (χ2n) is 19.5. The average molecular weight is 914 g/mol. The van der Waals surface area contributed by atoms with Gasteiger partial charge in [0, 0.05) is 103 Å². The summed E-state index contributed by atoms with van der Waals surface area (Å²) in [7, 11) is 4.98. The van der Waals surface area contributed by atoms with Gasteiger partial charge in [-0.3, -0.25) is 29.5 Å². The number of non-ortho nitro benzene ring substituents is 1. The molecule has 2 bridgehead atoms. The maximum atomic E-state index is 15.5. The maximum absolute atomic E-state index is 15.5. The fourth-order valence-electron chi connectivity index (χ4n) is 14.0. The van der Waals surface area contributed by atoms with Gasteiger partial charge in [-0.25, -0.2) is 4.79 Å². The minimum Gasteiger partial charge on any atom is -0.496 e. The monoisotopic (exact) mass is 913 g/mol. The molecule has 6 aliphatic rings. The first-order valence-corrected chi connectivity index (χ1v) is 23.5. The summed E-state index contributed by atoms with van der Waals surface area (Å²) < 4.78 is 24.9. The summed E-state index contributed by atoms with van der Waals surface area (Å²) in [6.45, 7) is 8.74. The lowest BCUT2D eigenvalue weighted by Crippen LogP contribution is -2.80. The van der Waals surface area contributed by atoms with Gasteiger partial charge in [0.15, 0.2) is 5.60 Å². The Bertz CT molecular complexity index is 2750. The Labute approximate surface area is 389 Å². The van der Waals surface area contributed by atoms with Crippen LogP contribution in [0.1, 0.15) is 79.2 Å². The molecule has 1 saturated heterocycles. The molecular formula is C52H59N5O10. The van der Waals surface area contributed by atoms with Crippen LogP contribution in [0.4, 0.5) is 11.4 Å². The predicted octanol–water partition coefficient (Wildman–Crippen LogP) is 6.39. The maximum Gasteiger partial charge on any atom is 0.338 e. The van der Waals surface area contributed by atoms with E-state index in [1.54, 1.807) is 7.11 Å². The third-order valence-corrected chi connectivity index (χ3v) is 16.4. The molecule has 3 aromatic carbocycles. The van der Waals surface area contributed by atoms with Crippen LogP contribution in [0.25, 0.3) is 10.9 Å². The van der Waals surface area contributed by atoms with Crippen LogP contribution < -0.4 is 9.64 Å². The molecule has 2 N–H and O–H groups in total. The molecule has 10 rings (SSSR count). The molecular weight excluding hydrogens is 855 g/mol. The molecule has 15 heteroatoms. The number of H-pyrrole nitrogens is 1. The smallest absolute Gasteiger partial charge is 0.338 e. The number of nitrogens with zero attached hydrogens (tertiary/aromatic N) is 4. The van der Waals surface area contributed by atoms with Crippen molar-refractivity contribution in [3.63, 3.8) is 0 Å². The van der Waals surface area contributed by atoms with Crippen LogP contribution in [-0.2, 0) is 41.1 Å². The Morgan fingerprint density at radius 1 is 1.01 bits per heavy atom. The van der Waals surface area contributed by atoms with Crippen molar-refractivity contribution in [2.45, 2.75) is 87.5 Å². The van der Waals surface area contributed by atoms with Gasteiger partial charge < -0.3 is 33.9 Å². The van der Waals surface area contributed by atoms with Gasteiger partial charge in [-0.1, -0.05) is 55.8 Å². The first-order chi connectivity index (χ1) is 32.2. The molecule has 2 fully saturated rings. The van der Waals surface area contributed by atoms with Crippen molar-refractivity contribution in [2.75, 3.05) is 65.5 Å². The summed E-state index contributed by atoms with van der Waals surface area (Å²) in [4.78, 5) is 64.3. The van der Waals surface area contributed by atoms with Gasteiger partial charge in [-0.2, -0.15) is 0 Å². The predicted molar refractivity (Wildman–Crippen MR) is 250 cm³/mol. The molecule has 1 aliphatic carbocycles. The molecule has 6 heterocycles. The summed E-state index contributed by atoms with van der Waals surface area (Å²) >= 11 is 0. The lowest BCUT2D eigenvalue weighted by Gasteiger charge is -2.64. The number of para-hydroxylation sites is 1. The molecule has 1 saturated carbocycles. The fraction of sp³-hybridized carbons (Fsp3) is 0.481. The van der Waals surface area contributed by atoms with Crippen molar-refractivity contribution in [3.8, 4) is 5.75 Å². The third-order valence-electron chi connectivity index (χ3n) is 16.4. The molecule has 1 spiro atoms. The van der Waals surface area contributed by atoms with E-state index >= 15 is 4.79 Å². The number of likely N-dealkylation sites (N-methyl/N-ethyl adjacent to an activating group) is 1. The number of aromatic nitrogens is 1. The minimum absolute atomic E-state index is 0.0143. The van der Waals surface area contributed by atoms with E-state index in [9.17, 15) is 24.8 Å². The molecule has 2 unspecified atom stereocenters. The largest absolute Gasteiger partial charge is 0.496 e. The van der Waals surface area contributed by atoms with Crippen molar-refractivity contribution >= 4 is 40.2 Å². The molecule has 4 aromatic rings. The number of hydrogen-bond donors (Lipinski definition) is 2. The Kier molecular flexibility index (Phi) is 10.9. The number of nitro benzene ring substituents is 1. The topological polar surface area (TPSA) is 177 Å². The van der Waals surface area contributed by atoms with Crippen molar-refractivity contribution in [3.05, 3.63) is 123 Å². The molecule has 9 atom stereocenters. The molecule has 352 valence electrons. The number of anilines is 1. The fourth-order valence-corrected chi connectivity index (χ4v) is 14.0. The number of benzene rings is 3. The first kappa shape index (κ1) is 44.8. The van der Waals surface area contributed by atoms with Gasteiger partial charge >= 0.3 is 17.9 Å². The molecule has 0 radical (unpaired) electrons. The summed E-state index contributed by atoms with van der Waals surface area (Å²) in [5, 5.41) is 26.4. The SMILES string of the molecule is CCC1=C[C@@H]2CN(CCc3c([nH]c4ccccc34)[C@@](C(=O)OC)(c3cc4c(cc3OC)N(C)[C@H]3[C@@](O)(COC(=O)c5ccc([N+](=O)[O-])cc5)[C@H](OC(C)=O)[C@]5(CC)C=CCN6CC[C@]43C65)C2)C1. The number of hydrogen-bond acceptors (Lipinski definition) is 13. The normalized spacial score (nSPS) is 31.5. The molecule has 15 nitrogen and oxygen atoms in total. The highest BCUT2D eigenvalue weighted by atomic mass is 16.6. The van der Waals surface area contributed by atoms with Crippen LogP contribution in [0, 0.1) is 21.4 Å². The van der Waals surface area contributed by atoms with E-state index in [1.165, 1.54) is 43.9 Å². The minimum atomic E-state index is -2.02. The number of fused-ring (bicyclic) bond motifs is 6. The van der Waals surface area contributed by atoms with Crippen LogP contribution in [0.5, 0.6) is 5.75 Å². The van der Waals surface area contributed by atoms with Crippen LogP contribution in [-0.4, -0.2) is 127 Å². The van der Waals surface area contributed by atoms with Crippen molar-refractivity contribution in [1.82, 2.24) is 14.8 Å². The van der Waals surface area contributed by atoms with E-state index in [-0.39, 0.29) is 23.2 Å². The van der Waals surface area contributed by atoms with E-state index in [0.29, 0.717) is 50.1 Å². The van der Waals surface area contributed by atoms with Crippen molar-refractivity contribution in [1.29, 1.82) is 0 Å².